The van der Waals surface area contributed by atoms with Crippen LogP contribution >= 0.6 is 0 Å². The first-order valence-electron chi connectivity index (χ1n) is 10.3. The number of nitrogens with zero attached hydrogens (tertiary/aromatic N) is 6. The molecule has 1 saturated heterocycles. The van der Waals surface area contributed by atoms with E-state index in [9.17, 15) is 18.0 Å². The van der Waals surface area contributed by atoms with Crippen LogP contribution < -0.4 is 0 Å². The smallest absolute Gasteiger partial charge is 0.335 e. The number of pyridine rings is 1. The summed E-state index contributed by atoms with van der Waals surface area (Å²) in [5, 5.41) is 3.98. The maximum absolute atomic E-state index is 13.6. The van der Waals surface area contributed by atoms with E-state index in [1.54, 1.807) is 11.1 Å². The van der Waals surface area contributed by atoms with Gasteiger partial charge in [-0.2, -0.15) is 18.3 Å². The molecular weight excluding hydrogens is 409 g/mol. The van der Waals surface area contributed by atoms with E-state index in [1.165, 1.54) is 6.07 Å². The van der Waals surface area contributed by atoms with Crippen LogP contribution in [-0.4, -0.2) is 61.5 Å². The minimum absolute atomic E-state index is 0.00773. The van der Waals surface area contributed by atoms with Crippen LogP contribution in [0.2, 0.25) is 0 Å². The summed E-state index contributed by atoms with van der Waals surface area (Å²) in [7, 11) is 0. The number of hydrogen-bond acceptors (Lipinski definition) is 5. The molecule has 7 nitrogen and oxygen atoms in total. The van der Waals surface area contributed by atoms with Crippen molar-refractivity contribution in [3.8, 4) is 0 Å². The molecule has 10 heteroatoms. The van der Waals surface area contributed by atoms with E-state index in [4.69, 9.17) is 0 Å². The summed E-state index contributed by atoms with van der Waals surface area (Å²) in [6.45, 7) is 3.06. The summed E-state index contributed by atoms with van der Waals surface area (Å²) < 4.78 is 41.5. The number of aromatic nitrogens is 4. The van der Waals surface area contributed by atoms with Crippen molar-refractivity contribution in [1.82, 2.24) is 29.4 Å². The van der Waals surface area contributed by atoms with Crippen molar-refractivity contribution >= 4 is 11.6 Å². The highest BCUT2D eigenvalue weighted by atomic mass is 19.4. The summed E-state index contributed by atoms with van der Waals surface area (Å²) in [6, 6.07) is 6.31. The van der Waals surface area contributed by atoms with Crippen LogP contribution in [0.5, 0.6) is 0 Å². The van der Waals surface area contributed by atoms with Gasteiger partial charge in [-0.25, -0.2) is 9.50 Å². The summed E-state index contributed by atoms with van der Waals surface area (Å²) in [5.74, 6) is -0.305. The third-order valence-corrected chi connectivity index (χ3v) is 5.74. The Morgan fingerprint density at radius 1 is 1.13 bits per heavy atom. The van der Waals surface area contributed by atoms with Crippen LogP contribution in [-0.2, 0) is 12.7 Å². The molecule has 5 rings (SSSR count). The molecule has 1 aliphatic heterocycles. The minimum atomic E-state index is -4.57. The predicted octanol–water partition coefficient (Wildman–Crippen LogP) is 2.98. The molecule has 0 N–H and O–H groups in total. The Bertz CT molecular complexity index is 1100. The number of carbonyl (C=O) groups is 1. The molecule has 1 saturated carbocycles. The second-order valence-electron chi connectivity index (χ2n) is 8.07. The molecule has 3 aromatic heterocycles. The number of piperazine rings is 1. The first-order chi connectivity index (χ1) is 14.9. The second kappa shape index (κ2) is 7.60. The normalized spacial score (nSPS) is 18.0. The molecule has 0 unspecified atom stereocenters. The molecule has 31 heavy (non-hydrogen) atoms. The molecule has 162 valence electrons. The van der Waals surface area contributed by atoms with Crippen LogP contribution in [0, 0.1) is 0 Å². The van der Waals surface area contributed by atoms with Crippen molar-refractivity contribution in [2.24, 2.45) is 0 Å². The van der Waals surface area contributed by atoms with Crippen molar-refractivity contribution in [2.45, 2.75) is 31.5 Å². The highest BCUT2D eigenvalue weighted by Gasteiger charge is 2.38. The maximum atomic E-state index is 13.6. The number of hydrogen-bond donors (Lipinski definition) is 0. The molecule has 2 fully saturated rings. The van der Waals surface area contributed by atoms with Crippen molar-refractivity contribution in [3.05, 3.63) is 59.3 Å². The van der Waals surface area contributed by atoms with Gasteiger partial charge in [0, 0.05) is 62.8 Å². The molecular formula is C21H21F3N6O. The zero-order valence-corrected chi connectivity index (χ0v) is 16.7. The molecule has 0 atom stereocenters. The van der Waals surface area contributed by atoms with Crippen LogP contribution in [0.3, 0.4) is 0 Å². The van der Waals surface area contributed by atoms with Gasteiger partial charge in [-0.3, -0.25) is 14.7 Å². The minimum Gasteiger partial charge on any atom is -0.335 e. The zero-order valence-electron chi connectivity index (χ0n) is 16.7. The number of rotatable bonds is 4. The molecule has 0 bridgehead atoms. The van der Waals surface area contributed by atoms with Crippen LogP contribution in [0.4, 0.5) is 13.2 Å². The third-order valence-electron chi connectivity index (χ3n) is 5.74. The van der Waals surface area contributed by atoms with Gasteiger partial charge in [0.05, 0.1) is 0 Å². The van der Waals surface area contributed by atoms with Gasteiger partial charge < -0.3 is 4.90 Å². The summed E-state index contributed by atoms with van der Waals surface area (Å²) in [6.07, 6.45) is 0.638. The molecule has 0 spiro atoms. The molecule has 1 amide bonds. The van der Waals surface area contributed by atoms with E-state index < -0.39 is 11.9 Å². The largest absolute Gasteiger partial charge is 0.433 e. The van der Waals surface area contributed by atoms with E-state index in [2.05, 4.69) is 20.0 Å². The lowest BCUT2D eigenvalue weighted by molar-refractivity contribution is -0.142. The molecule has 0 aromatic carbocycles. The molecule has 2 aliphatic rings. The van der Waals surface area contributed by atoms with Crippen molar-refractivity contribution < 1.29 is 18.0 Å². The highest BCUT2D eigenvalue weighted by molar-refractivity contribution is 5.93. The van der Waals surface area contributed by atoms with Crippen LogP contribution in [0.25, 0.3) is 5.65 Å². The Balaban J connectivity index is 1.33. The lowest BCUT2D eigenvalue weighted by Crippen LogP contribution is -2.48. The summed E-state index contributed by atoms with van der Waals surface area (Å²) >= 11 is 0. The first kappa shape index (κ1) is 19.9. The number of carbonyl (C=O) groups excluding carboxylic acids is 1. The molecule has 3 aromatic rings. The van der Waals surface area contributed by atoms with E-state index in [0.717, 1.165) is 35.5 Å². The van der Waals surface area contributed by atoms with E-state index in [0.29, 0.717) is 31.9 Å². The van der Waals surface area contributed by atoms with E-state index >= 15 is 0 Å². The summed E-state index contributed by atoms with van der Waals surface area (Å²) in [4.78, 5) is 25.2. The third kappa shape index (κ3) is 4.12. The fourth-order valence-electron chi connectivity index (χ4n) is 3.91. The number of alkyl halides is 3. The van der Waals surface area contributed by atoms with Crippen molar-refractivity contribution in [1.29, 1.82) is 0 Å². The average molecular weight is 430 g/mol. The lowest BCUT2D eigenvalue weighted by Gasteiger charge is -2.34. The lowest BCUT2D eigenvalue weighted by atomic mass is 10.2. The highest BCUT2D eigenvalue weighted by Crippen LogP contribution is 2.41. The fourth-order valence-corrected chi connectivity index (χ4v) is 3.91. The number of halogens is 3. The standard InChI is InChI=1S/C21H21F3N6O/c22-21(23,24)18-10-16(15-3-4-15)26-19-11-17(27-30(18)19)20(31)29-8-6-28(7-9-29)13-14-2-1-5-25-12-14/h1-2,5,10-12,15H,3-4,6-9,13H2. The van der Waals surface area contributed by atoms with Crippen LogP contribution in [0.15, 0.2) is 36.7 Å². The number of amides is 1. The van der Waals surface area contributed by atoms with E-state index in [-0.39, 0.29) is 23.2 Å². The number of fused-ring (bicyclic) bond motifs is 1. The van der Waals surface area contributed by atoms with Gasteiger partial charge >= 0.3 is 6.18 Å². The average Bonchev–Trinajstić information content (AvgIpc) is 3.52. The second-order valence-corrected chi connectivity index (χ2v) is 8.07. The quantitative estimate of drug-likeness (QED) is 0.637. The Morgan fingerprint density at radius 3 is 2.55 bits per heavy atom. The SMILES string of the molecule is O=C(c1cc2nc(C3CC3)cc(C(F)(F)F)n2n1)N1CCN(Cc2cccnc2)CC1. The van der Waals surface area contributed by atoms with Gasteiger partial charge in [0.15, 0.2) is 11.3 Å². The van der Waals surface area contributed by atoms with Gasteiger partial charge in [0.1, 0.15) is 5.69 Å². The van der Waals surface area contributed by atoms with Crippen LogP contribution in [0.1, 0.15) is 46.2 Å². The Labute approximate surface area is 176 Å². The van der Waals surface area contributed by atoms with E-state index in [1.807, 2.05) is 18.3 Å². The maximum Gasteiger partial charge on any atom is 0.433 e. The zero-order chi connectivity index (χ0) is 21.6. The van der Waals surface area contributed by atoms with Crippen molar-refractivity contribution in [2.75, 3.05) is 26.2 Å². The monoisotopic (exact) mass is 430 g/mol. The summed E-state index contributed by atoms with van der Waals surface area (Å²) in [5.41, 5.74) is 0.685. The Hall–Kier alpha value is -3.01. The van der Waals surface area contributed by atoms with Gasteiger partial charge in [-0.1, -0.05) is 6.07 Å². The van der Waals surface area contributed by atoms with Crippen molar-refractivity contribution in [3.63, 3.8) is 0 Å². The first-order valence-corrected chi connectivity index (χ1v) is 10.3. The van der Waals surface area contributed by atoms with Gasteiger partial charge in [-0.05, 0) is 30.5 Å². The fraction of sp³-hybridized carbons (Fsp3) is 0.429. The predicted molar refractivity (Wildman–Crippen MR) is 105 cm³/mol. The molecule has 4 heterocycles. The Kier molecular flexibility index (Phi) is 4.88. The van der Waals surface area contributed by atoms with Gasteiger partial charge in [0.2, 0.25) is 0 Å². The molecule has 1 aliphatic carbocycles. The molecule has 0 radical (unpaired) electrons. The van der Waals surface area contributed by atoms with Gasteiger partial charge in [0.25, 0.3) is 5.91 Å². The topological polar surface area (TPSA) is 66.6 Å². The van der Waals surface area contributed by atoms with Gasteiger partial charge in [-0.15, -0.1) is 0 Å². The Morgan fingerprint density at radius 2 is 1.90 bits per heavy atom.